The van der Waals surface area contributed by atoms with E-state index in [-0.39, 0.29) is 5.75 Å². The summed E-state index contributed by atoms with van der Waals surface area (Å²) in [6, 6.07) is 9.12. The summed E-state index contributed by atoms with van der Waals surface area (Å²) in [5.41, 5.74) is 3.21. The number of phenolic OH excluding ortho intramolecular Hbond substituents is 1. The third kappa shape index (κ3) is 2.60. The van der Waals surface area contributed by atoms with Crippen LogP contribution in [0.4, 0.5) is 5.82 Å². The Bertz CT molecular complexity index is 796. The molecule has 0 atom stereocenters. The first-order valence-corrected chi connectivity index (χ1v) is 7.23. The number of para-hydroxylation sites is 1. The van der Waals surface area contributed by atoms with Gasteiger partial charge in [0.2, 0.25) is 0 Å². The maximum Gasteiger partial charge on any atom is 0.160 e. The lowest BCUT2D eigenvalue weighted by molar-refractivity contribution is 0.477. The summed E-state index contributed by atoms with van der Waals surface area (Å²) < 4.78 is 1.79. The fourth-order valence-electron chi connectivity index (χ4n) is 2.34. The fourth-order valence-corrected chi connectivity index (χ4v) is 2.34. The number of aromatic hydroxyl groups is 1. The van der Waals surface area contributed by atoms with E-state index in [1.54, 1.807) is 22.8 Å². The SMILES string of the molecule is CNCCNc1cc(-c2ccccc2O)nc2c(C)cnn12. The zero-order chi connectivity index (χ0) is 15.5. The van der Waals surface area contributed by atoms with Gasteiger partial charge in [0.1, 0.15) is 11.6 Å². The van der Waals surface area contributed by atoms with Crippen LogP contribution in [0.1, 0.15) is 5.56 Å². The summed E-state index contributed by atoms with van der Waals surface area (Å²) in [6.45, 7) is 3.59. The van der Waals surface area contributed by atoms with Gasteiger partial charge in [-0.1, -0.05) is 12.1 Å². The van der Waals surface area contributed by atoms with Gasteiger partial charge in [-0.05, 0) is 26.1 Å². The third-order valence-corrected chi connectivity index (χ3v) is 3.51. The fraction of sp³-hybridized carbons (Fsp3) is 0.250. The molecule has 2 aromatic heterocycles. The summed E-state index contributed by atoms with van der Waals surface area (Å²) in [7, 11) is 1.91. The van der Waals surface area contributed by atoms with Gasteiger partial charge in [0, 0.05) is 30.3 Å². The molecular formula is C16H19N5O. The van der Waals surface area contributed by atoms with E-state index in [0.717, 1.165) is 35.8 Å². The highest BCUT2D eigenvalue weighted by Crippen LogP contribution is 2.29. The second kappa shape index (κ2) is 6.03. The molecule has 0 fully saturated rings. The highest BCUT2D eigenvalue weighted by Gasteiger charge is 2.12. The van der Waals surface area contributed by atoms with Gasteiger partial charge in [-0.2, -0.15) is 9.61 Å². The maximum atomic E-state index is 10.1. The summed E-state index contributed by atoms with van der Waals surface area (Å²) in [4.78, 5) is 4.64. The zero-order valence-corrected chi connectivity index (χ0v) is 12.7. The molecule has 0 aliphatic heterocycles. The second-order valence-corrected chi connectivity index (χ2v) is 5.14. The van der Waals surface area contributed by atoms with Crippen LogP contribution in [-0.2, 0) is 0 Å². The Balaban J connectivity index is 2.11. The van der Waals surface area contributed by atoms with Crippen LogP contribution in [0.2, 0.25) is 0 Å². The summed E-state index contributed by atoms with van der Waals surface area (Å²) >= 11 is 0. The van der Waals surface area contributed by atoms with Crippen LogP contribution in [0.3, 0.4) is 0 Å². The monoisotopic (exact) mass is 297 g/mol. The number of benzene rings is 1. The minimum Gasteiger partial charge on any atom is -0.507 e. The Hall–Kier alpha value is -2.60. The third-order valence-electron chi connectivity index (χ3n) is 3.51. The van der Waals surface area contributed by atoms with Crippen molar-refractivity contribution in [2.24, 2.45) is 0 Å². The van der Waals surface area contributed by atoms with Gasteiger partial charge in [-0.25, -0.2) is 4.98 Å². The van der Waals surface area contributed by atoms with Crippen LogP contribution in [-0.4, -0.2) is 39.8 Å². The predicted molar refractivity (Wildman–Crippen MR) is 87.2 cm³/mol. The molecule has 22 heavy (non-hydrogen) atoms. The van der Waals surface area contributed by atoms with Crippen molar-refractivity contribution in [1.29, 1.82) is 0 Å². The molecular weight excluding hydrogens is 278 g/mol. The molecule has 6 nitrogen and oxygen atoms in total. The van der Waals surface area contributed by atoms with Gasteiger partial charge >= 0.3 is 0 Å². The number of nitrogens with zero attached hydrogens (tertiary/aromatic N) is 3. The topological polar surface area (TPSA) is 74.5 Å². The van der Waals surface area contributed by atoms with Gasteiger partial charge < -0.3 is 15.7 Å². The number of aromatic nitrogens is 3. The Kier molecular flexibility index (Phi) is 3.93. The highest BCUT2D eigenvalue weighted by atomic mass is 16.3. The normalized spacial score (nSPS) is 11.0. The molecule has 6 heteroatoms. The average Bonchev–Trinajstić information content (AvgIpc) is 2.90. The van der Waals surface area contributed by atoms with Crippen molar-refractivity contribution in [2.75, 3.05) is 25.5 Å². The Morgan fingerprint density at radius 2 is 2.05 bits per heavy atom. The van der Waals surface area contributed by atoms with Crippen molar-refractivity contribution in [1.82, 2.24) is 19.9 Å². The molecule has 3 aromatic rings. The quantitative estimate of drug-likeness (QED) is 0.628. The van der Waals surface area contributed by atoms with Crippen LogP contribution in [0.15, 0.2) is 36.5 Å². The van der Waals surface area contributed by atoms with E-state index < -0.39 is 0 Å². The minimum absolute atomic E-state index is 0.220. The molecule has 0 aliphatic rings. The van der Waals surface area contributed by atoms with Crippen LogP contribution >= 0.6 is 0 Å². The van der Waals surface area contributed by atoms with Crippen molar-refractivity contribution in [3.63, 3.8) is 0 Å². The van der Waals surface area contributed by atoms with Gasteiger partial charge in [-0.3, -0.25) is 0 Å². The molecule has 0 amide bonds. The van der Waals surface area contributed by atoms with E-state index >= 15 is 0 Å². The number of phenols is 1. The van der Waals surface area contributed by atoms with E-state index in [0.29, 0.717) is 5.56 Å². The van der Waals surface area contributed by atoms with Crippen LogP contribution < -0.4 is 10.6 Å². The summed E-state index contributed by atoms with van der Waals surface area (Å²) in [5, 5.41) is 20.9. The predicted octanol–water partition coefficient (Wildman–Crippen LogP) is 2.04. The first-order valence-electron chi connectivity index (χ1n) is 7.23. The lowest BCUT2D eigenvalue weighted by Gasteiger charge is -2.11. The van der Waals surface area contributed by atoms with Gasteiger partial charge in [0.25, 0.3) is 0 Å². The Labute approximate surface area is 128 Å². The number of nitrogens with one attached hydrogen (secondary N) is 2. The molecule has 0 spiro atoms. The highest BCUT2D eigenvalue weighted by molar-refractivity contribution is 5.72. The number of likely N-dealkylation sites (N-methyl/N-ethyl adjacent to an activating group) is 1. The first-order chi connectivity index (χ1) is 10.7. The average molecular weight is 297 g/mol. The summed E-state index contributed by atoms with van der Waals surface area (Å²) in [6.07, 6.45) is 1.79. The molecule has 0 aliphatic carbocycles. The van der Waals surface area contributed by atoms with Crippen LogP contribution in [0, 0.1) is 6.92 Å². The molecule has 0 radical (unpaired) electrons. The van der Waals surface area contributed by atoms with E-state index in [1.807, 2.05) is 32.2 Å². The van der Waals surface area contributed by atoms with Crippen LogP contribution in [0.5, 0.6) is 5.75 Å². The Morgan fingerprint density at radius 1 is 1.23 bits per heavy atom. The molecule has 1 aromatic carbocycles. The second-order valence-electron chi connectivity index (χ2n) is 5.14. The molecule has 3 N–H and O–H groups in total. The lowest BCUT2D eigenvalue weighted by Crippen LogP contribution is -2.19. The van der Waals surface area contributed by atoms with E-state index in [4.69, 9.17) is 0 Å². The van der Waals surface area contributed by atoms with Gasteiger partial charge in [-0.15, -0.1) is 0 Å². The molecule has 2 heterocycles. The summed E-state index contributed by atoms with van der Waals surface area (Å²) in [5.74, 6) is 1.07. The largest absolute Gasteiger partial charge is 0.507 e. The van der Waals surface area contributed by atoms with Gasteiger partial charge in [0.05, 0.1) is 11.9 Å². The van der Waals surface area contributed by atoms with Crippen molar-refractivity contribution in [2.45, 2.75) is 6.92 Å². The number of rotatable bonds is 5. The van der Waals surface area contributed by atoms with Crippen molar-refractivity contribution in [3.8, 4) is 17.0 Å². The van der Waals surface area contributed by atoms with Crippen molar-refractivity contribution < 1.29 is 5.11 Å². The van der Waals surface area contributed by atoms with E-state index in [1.165, 1.54) is 0 Å². The smallest absolute Gasteiger partial charge is 0.160 e. The van der Waals surface area contributed by atoms with Crippen molar-refractivity contribution in [3.05, 3.63) is 42.1 Å². The zero-order valence-electron chi connectivity index (χ0n) is 12.7. The number of aryl methyl sites for hydroxylation is 1. The molecule has 0 unspecified atom stereocenters. The molecule has 3 rings (SSSR count). The van der Waals surface area contributed by atoms with E-state index in [9.17, 15) is 5.11 Å². The van der Waals surface area contributed by atoms with Crippen LogP contribution in [0.25, 0.3) is 16.9 Å². The minimum atomic E-state index is 0.220. The molecule has 0 bridgehead atoms. The number of hydrogen-bond donors (Lipinski definition) is 3. The maximum absolute atomic E-state index is 10.1. The molecule has 0 saturated heterocycles. The first kappa shape index (κ1) is 14.3. The van der Waals surface area contributed by atoms with Crippen molar-refractivity contribution >= 4 is 11.5 Å². The molecule has 0 saturated carbocycles. The standard InChI is InChI=1S/C16H19N5O/c1-11-10-19-21-15(18-8-7-17-2)9-13(20-16(11)21)12-5-3-4-6-14(12)22/h3-6,9-10,17-18,22H,7-8H2,1-2H3. The van der Waals surface area contributed by atoms with E-state index in [2.05, 4.69) is 20.7 Å². The molecule has 114 valence electrons. The number of fused-ring (bicyclic) bond motifs is 1. The lowest BCUT2D eigenvalue weighted by atomic mass is 10.1. The number of anilines is 1. The number of hydrogen-bond acceptors (Lipinski definition) is 5. The Morgan fingerprint density at radius 3 is 2.82 bits per heavy atom. The van der Waals surface area contributed by atoms with Gasteiger partial charge in [0.15, 0.2) is 5.65 Å².